The standard InChI is InChI=1S/C36H26ClN3O4S/c1-2-44-35(43)29-30(22-13-5-3-6-14-22)38-36-40(31(29)23-15-7-4-8-16-23)34(42)32(45-36)28-25-18-10-12-20-27(25)39(33(28)41)21-24-17-9-11-19-26(24)37/h3-20,31H,2,21H2,1H3/b32-28+/t31-/m1/s1. The van der Waals surface area contributed by atoms with Gasteiger partial charge in [0.15, 0.2) is 4.80 Å². The molecule has 0 bridgehead atoms. The number of rotatable bonds is 6. The summed E-state index contributed by atoms with van der Waals surface area (Å²) in [6, 6.07) is 32.7. The fourth-order valence-electron chi connectivity index (χ4n) is 5.89. The van der Waals surface area contributed by atoms with E-state index in [-0.39, 0.29) is 29.2 Å². The molecule has 0 saturated carbocycles. The molecule has 4 aromatic carbocycles. The minimum Gasteiger partial charge on any atom is -0.463 e. The fourth-order valence-corrected chi connectivity index (χ4v) is 7.18. The Balaban J connectivity index is 1.50. The van der Waals surface area contributed by atoms with Crippen molar-refractivity contribution in [3.8, 4) is 0 Å². The molecule has 0 fully saturated rings. The van der Waals surface area contributed by atoms with Crippen LogP contribution in [-0.4, -0.2) is 23.1 Å². The molecule has 2 aliphatic heterocycles. The van der Waals surface area contributed by atoms with Gasteiger partial charge in [-0.25, -0.2) is 9.79 Å². The number of aromatic nitrogens is 1. The Bertz CT molecular complexity index is 2190. The highest BCUT2D eigenvalue weighted by molar-refractivity contribution is 7.07. The SMILES string of the molecule is CCOC(=O)C1=C(c2ccccc2)N=c2s/c(=C3/C(=O)N(Cc4ccccc4Cl)c4ccccc43)c(=O)n2[C@@H]1c1ccccc1. The van der Waals surface area contributed by atoms with Crippen LogP contribution in [0.25, 0.3) is 11.3 Å². The lowest BCUT2D eigenvalue weighted by Gasteiger charge is -2.25. The summed E-state index contributed by atoms with van der Waals surface area (Å²) in [7, 11) is 0. The van der Waals surface area contributed by atoms with Crippen molar-refractivity contribution in [2.45, 2.75) is 19.5 Å². The summed E-state index contributed by atoms with van der Waals surface area (Å²) in [5, 5.41) is 0.554. The van der Waals surface area contributed by atoms with Crippen molar-refractivity contribution in [2.24, 2.45) is 4.99 Å². The number of esters is 1. The van der Waals surface area contributed by atoms with Crippen LogP contribution < -0.4 is 19.8 Å². The fraction of sp³-hybridized carbons (Fsp3) is 0.111. The quantitative estimate of drug-likeness (QED) is 0.232. The van der Waals surface area contributed by atoms with E-state index in [9.17, 15) is 14.4 Å². The molecule has 3 heterocycles. The number of carbonyl (C=O) groups is 2. The summed E-state index contributed by atoms with van der Waals surface area (Å²) in [5.74, 6) is -0.856. The van der Waals surface area contributed by atoms with Crippen molar-refractivity contribution in [1.82, 2.24) is 4.57 Å². The number of para-hydroxylation sites is 1. The predicted octanol–water partition coefficient (Wildman–Crippen LogP) is 5.51. The monoisotopic (exact) mass is 631 g/mol. The summed E-state index contributed by atoms with van der Waals surface area (Å²) in [6.07, 6.45) is 0. The summed E-state index contributed by atoms with van der Waals surface area (Å²) in [6.45, 7) is 2.15. The zero-order valence-electron chi connectivity index (χ0n) is 24.1. The number of hydrogen-bond donors (Lipinski definition) is 0. The topological polar surface area (TPSA) is 81.0 Å². The predicted molar refractivity (Wildman–Crippen MR) is 176 cm³/mol. The van der Waals surface area contributed by atoms with Crippen molar-refractivity contribution in [1.29, 1.82) is 0 Å². The molecule has 0 radical (unpaired) electrons. The Morgan fingerprint density at radius 1 is 0.889 bits per heavy atom. The number of hydrogen-bond acceptors (Lipinski definition) is 6. The second-order valence-electron chi connectivity index (χ2n) is 10.5. The van der Waals surface area contributed by atoms with Gasteiger partial charge in [0.25, 0.3) is 11.5 Å². The number of nitrogens with zero attached hydrogens (tertiary/aromatic N) is 3. The van der Waals surface area contributed by atoms with Crippen molar-refractivity contribution >= 4 is 51.8 Å². The van der Waals surface area contributed by atoms with Crippen molar-refractivity contribution < 1.29 is 14.3 Å². The van der Waals surface area contributed by atoms with Gasteiger partial charge in [0, 0.05) is 16.1 Å². The zero-order valence-corrected chi connectivity index (χ0v) is 25.7. The highest BCUT2D eigenvalue weighted by Crippen LogP contribution is 2.38. The Morgan fingerprint density at radius 2 is 1.56 bits per heavy atom. The van der Waals surface area contributed by atoms with Crippen molar-refractivity contribution in [3.63, 3.8) is 0 Å². The third-order valence-corrected chi connectivity index (χ3v) is 9.32. The molecule has 222 valence electrons. The van der Waals surface area contributed by atoms with E-state index in [4.69, 9.17) is 21.3 Å². The van der Waals surface area contributed by atoms with Gasteiger partial charge in [-0.2, -0.15) is 0 Å². The molecule has 1 amide bonds. The van der Waals surface area contributed by atoms with Crippen LogP contribution in [0.1, 0.15) is 35.2 Å². The molecule has 0 aliphatic carbocycles. The second-order valence-corrected chi connectivity index (χ2v) is 11.9. The van der Waals surface area contributed by atoms with Crippen LogP contribution >= 0.6 is 22.9 Å². The van der Waals surface area contributed by atoms with Gasteiger partial charge in [0.1, 0.15) is 4.53 Å². The van der Waals surface area contributed by atoms with Gasteiger partial charge in [-0.3, -0.25) is 14.2 Å². The average molecular weight is 632 g/mol. The van der Waals surface area contributed by atoms with E-state index in [0.29, 0.717) is 32.3 Å². The number of ether oxygens (including phenoxy) is 1. The molecule has 0 saturated heterocycles. The van der Waals surface area contributed by atoms with Crippen LogP contribution in [-0.2, 0) is 20.9 Å². The normalized spacial score (nSPS) is 16.7. The first-order chi connectivity index (χ1) is 22.0. The van der Waals surface area contributed by atoms with Gasteiger partial charge >= 0.3 is 5.97 Å². The molecule has 7 nitrogen and oxygen atoms in total. The highest BCUT2D eigenvalue weighted by Gasteiger charge is 2.38. The Kier molecular flexibility index (Phi) is 7.53. The van der Waals surface area contributed by atoms with Crippen LogP contribution in [0, 0.1) is 0 Å². The molecule has 0 spiro atoms. The van der Waals surface area contributed by atoms with E-state index in [1.54, 1.807) is 17.9 Å². The lowest BCUT2D eigenvalue weighted by Crippen LogP contribution is -2.41. The Labute approximate surface area is 267 Å². The van der Waals surface area contributed by atoms with Gasteiger partial charge < -0.3 is 9.64 Å². The smallest absolute Gasteiger partial charge is 0.338 e. The molecular weight excluding hydrogens is 606 g/mol. The van der Waals surface area contributed by atoms with Crippen LogP contribution in [0.2, 0.25) is 5.02 Å². The van der Waals surface area contributed by atoms with Crippen LogP contribution in [0.15, 0.2) is 125 Å². The number of carbonyl (C=O) groups excluding carboxylic acids is 2. The molecule has 2 aliphatic rings. The maximum absolute atomic E-state index is 14.6. The van der Waals surface area contributed by atoms with Crippen molar-refractivity contribution in [2.75, 3.05) is 11.5 Å². The van der Waals surface area contributed by atoms with E-state index in [0.717, 1.165) is 28.0 Å². The first-order valence-corrected chi connectivity index (χ1v) is 15.7. The summed E-state index contributed by atoms with van der Waals surface area (Å²) >= 11 is 7.62. The van der Waals surface area contributed by atoms with E-state index in [1.807, 2.05) is 103 Å². The van der Waals surface area contributed by atoms with Gasteiger partial charge in [0.2, 0.25) is 0 Å². The van der Waals surface area contributed by atoms with Crippen molar-refractivity contribution in [3.05, 3.63) is 162 Å². The lowest BCUT2D eigenvalue weighted by atomic mass is 9.93. The minimum atomic E-state index is -0.822. The van der Waals surface area contributed by atoms with Crippen LogP contribution in [0.5, 0.6) is 0 Å². The number of benzene rings is 4. The molecule has 45 heavy (non-hydrogen) atoms. The molecule has 5 aromatic rings. The van der Waals surface area contributed by atoms with E-state index in [2.05, 4.69) is 0 Å². The first kappa shape index (κ1) is 28.7. The van der Waals surface area contributed by atoms with Gasteiger partial charge in [0.05, 0.1) is 41.7 Å². The maximum Gasteiger partial charge on any atom is 0.338 e. The first-order valence-electron chi connectivity index (χ1n) is 14.5. The van der Waals surface area contributed by atoms with Gasteiger partial charge in [-0.1, -0.05) is 120 Å². The average Bonchev–Trinajstić information content (AvgIpc) is 3.54. The second kappa shape index (κ2) is 11.8. The largest absolute Gasteiger partial charge is 0.463 e. The van der Waals surface area contributed by atoms with Crippen LogP contribution in [0.3, 0.4) is 0 Å². The van der Waals surface area contributed by atoms with Crippen LogP contribution in [0.4, 0.5) is 5.69 Å². The molecular formula is C36H26ClN3O4S. The number of anilines is 1. The number of halogens is 1. The summed E-state index contributed by atoms with van der Waals surface area (Å²) < 4.78 is 7.32. The van der Waals surface area contributed by atoms with Gasteiger partial charge in [-0.15, -0.1) is 0 Å². The third kappa shape index (κ3) is 4.92. The lowest BCUT2D eigenvalue weighted by molar-refractivity contribution is -0.138. The van der Waals surface area contributed by atoms with Gasteiger partial charge in [-0.05, 0) is 30.2 Å². The maximum atomic E-state index is 14.6. The third-order valence-electron chi connectivity index (χ3n) is 7.90. The summed E-state index contributed by atoms with van der Waals surface area (Å²) in [5.41, 5.74) is 4.17. The molecule has 1 atom stereocenters. The Morgan fingerprint density at radius 3 is 2.29 bits per heavy atom. The minimum absolute atomic E-state index is 0.160. The van der Waals surface area contributed by atoms with E-state index in [1.165, 1.54) is 4.57 Å². The molecule has 9 heteroatoms. The Hall–Kier alpha value is -5.05. The van der Waals surface area contributed by atoms with E-state index < -0.39 is 17.6 Å². The van der Waals surface area contributed by atoms with E-state index >= 15 is 0 Å². The number of fused-ring (bicyclic) bond motifs is 2. The number of amides is 1. The highest BCUT2D eigenvalue weighted by atomic mass is 35.5. The molecule has 7 rings (SSSR count). The molecule has 1 aromatic heterocycles. The number of thiazole rings is 1. The zero-order chi connectivity index (χ0) is 31.1. The molecule has 0 N–H and O–H groups in total. The molecule has 0 unspecified atom stereocenters. The summed E-state index contributed by atoms with van der Waals surface area (Å²) in [4.78, 5) is 49.4.